The van der Waals surface area contributed by atoms with Crippen LogP contribution < -0.4 is 4.72 Å². The Hall–Kier alpha value is -1.21. The fourth-order valence-corrected chi connectivity index (χ4v) is 3.21. The second-order valence-corrected chi connectivity index (χ2v) is 7.02. The van der Waals surface area contributed by atoms with Gasteiger partial charge in [0.15, 0.2) is 0 Å². The summed E-state index contributed by atoms with van der Waals surface area (Å²) in [6.45, 7) is 0.0388. The minimum Gasteiger partial charge on any atom is -0.211 e. The van der Waals surface area contributed by atoms with Crippen molar-refractivity contribution in [3.8, 4) is 0 Å². The highest BCUT2D eigenvalue weighted by Gasteiger charge is 2.18. The molecule has 2 aromatic rings. The van der Waals surface area contributed by atoms with E-state index in [9.17, 15) is 17.2 Å². The smallest absolute Gasteiger partial charge is 0.211 e. The molecule has 0 spiro atoms. The molecule has 0 heterocycles. The first-order chi connectivity index (χ1) is 10.3. The normalized spacial score (nSPS) is 11.6. The van der Waals surface area contributed by atoms with Crippen LogP contribution >= 0.6 is 23.2 Å². The number of nitrogens with one attached hydrogen (secondary N) is 1. The Kier molecular flexibility index (Phi) is 5.39. The van der Waals surface area contributed by atoms with Crippen molar-refractivity contribution >= 4 is 33.2 Å². The van der Waals surface area contributed by atoms with E-state index >= 15 is 0 Å². The van der Waals surface area contributed by atoms with Crippen molar-refractivity contribution in [3.63, 3.8) is 0 Å². The van der Waals surface area contributed by atoms with Gasteiger partial charge in [0.1, 0.15) is 16.5 Å². The van der Waals surface area contributed by atoms with E-state index in [1.165, 1.54) is 0 Å². The van der Waals surface area contributed by atoms with Gasteiger partial charge in [0.05, 0.1) is 10.0 Å². The standard InChI is InChI=1S/C14H11Cl2F2NO2S/c15-11-3-1-9(7-12(11)16)5-6-19-22(20,21)14-4-2-10(17)8-13(14)18/h1-4,7-8,19H,5-6H2. The SMILES string of the molecule is O=S(=O)(NCCc1ccc(Cl)c(Cl)c1)c1ccc(F)cc1F. The monoisotopic (exact) mass is 365 g/mol. The van der Waals surface area contributed by atoms with Gasteiger partial charge in [0.2, 0.25) is 10.0 Å². The first-order valence-electron chi connectivity index (χ1n) is 6.18. The molecule has 22 heavy (non-hydrogen) atoms. The summed E-state index contributed by atoms with van der Waals surface area (Å²) in [6, 6.07) is 7.22. The number of hydrogen-bond acceptors (Lipinski definition) is 2. The van der Waals surface area contributed by atoms with Crippen LogP contribution in [0.1, 0.15) is 5.56 Å². The molecule has 0 saturated carbocycles. The van der Waals surface area contributed by atoms with Gasteiger partial charge in [-0.3, -0.25) is 0 Å². The number of benzene rings is 2. The molecule has 0 unspecified atom stereocenters. The van der Waals surface area contributed by atoms with Crippen LogP contribution in [0.4, 0.5) is 8.78 Å². The van der Waals surface area contributed by atoms with Crippen LogP contribution in [0, 0.1) is 11.6 Å². The van der Waals surface area contributed by atoms with Crippen LogP contribution in [-0.4, -0.2) is 15.0 Å². The second-order valence-electron chi connectivity index (χ2n) is 4.47. The summed E-state index contributed by atoms with van der Waals surface area (Å²) in [6.07, 6.45) is 0.346. The van der Waals surface area contributed by atoms with E-state index in [1.54, 1.807) is 18.2 Å². The second kappa shape index (κ2) is 6.91. The molecule has 2 aromatic carbocycles. The van der Waals surface area contributed by atoms with Crippen molar-refractivity contribution in [1.82, 2.24) is 4.72 Å². The summed E-state index contributed by atoms with van der Waals surface area (Å²) in [5, 5.41) is 0.769. The van der Waals surface area contributed by atoms with Gasteiger partial charge in [-0.1, -0.05) is 29.3 Å². The lowest BCUT2D eigenvalue weighted by Crippen LogP contribution is -2.26. The molecular weight excluding hydrogens is 355 g/mol. The summed E-state index contributed by atoms with van der Waals surface area (Å²) in [4.78, 5) is -0.594. The Morgan fingerprint density at radius 1 is 1.00 bits per heavy atom. The molecule has 8 heteroatoms. The summed E-state index contributed by atoms with van der Waals surface area (Å²) >= 11 is 11.6. The molecule has 2 rings (SSSR count). The topological polar surface area (TPSA) is 46.2 Å². The number of rotatable bonds is 5. The Balaban J connectivity index is 2.05. The van der Waals surface area contributed by atoms with Gasteiger partial charge in [-0.25, -0.2) is 21.9 Å². The third kappa shape index (κ3) is 4.16. The van der Waals surface area contributed by atoms with Crippen molar-refractivity contribution < 1.29 is 17.2 Å². The lowest BCUT2D eigenvalue weighted by Gasteiger charge is -2.08. The predicted octanol–water partition coefficient (Wildman–Crippen LogP) is 3.79. The molecule has 118 valence electrons. The van der Waals surface area contributed by atoms with Gasteiger partial charge in [-0.15, -0.1) is 0 Å². The van der Waals surface area contributed by atoms with Gasteiger partial charge in [0.25, 0.3) is 0 Å². The van der Waals surface area contributed by atoms with Crippen LogP contribution in [-0.2, 0) is 16.4 Å². The zero-order valence-electron chi connectivity index (χ0n) is 11.1. The maximum Gasteiger partial charge on any atom is 0.243 e. The fraction of sp³-hybridized carbons (Fsp3) is 0.143. The molecule has 0 amide bonds. The van der Waals surface area contributed by atoms with Gasteiger partial charge in [0, 0.05) is 12.6 Å². The van der Waals surface area contributed by atoms with E-state index in [2.05, 4.69) is 4.72 Å². The summed E-state index contributed by atoms with van der Waals surface area (Å²) < 4.78 is 52.5. The number of hydrogen-bond donors (Lipinski definition) is 1. The van der Waals surface area contributed by atoms with Crippen LogP contribution in [0.15, 0.2) is 41.3 Å². The van der Waals surface area contributed by atoms with E-state index in [1.807, 2.05) is 0 Å². The molecule has 0 bridgehead atoms. The average molecular weight is 366 g/mol. The fourth-order valence-electron chi connectivity index (χ4n) is 1.80. The lowest BCUT2D eigenvalue weighted by atomic mass is 10.1. The summed E-state index contributed by atoms with van der Waals surface area (Å²) in [5.74, 6) is -1.98. The summed E-state index contributed by atoms with van der Waals surface area (Å²) in [7, 11) is -4.05. The van der Waals surface area contributed by atoms with Crippen LogP contribution in [0.2, 0.25) is 10.0 Å². The zero-order valence-corrected chi connectivity index (χ0v) is 13.4. The van der Waals surface area contributed by atoms with Gasteiger partial charge < -0.3 is 0 Å². The highest BCUT2D eigenvalue weighted by atomic mass is 35.5. The van der Waals surface area contributed by atoms with Gasteiger partial charge in [-0.2, -0.15) is 0 Å². The Labute approximate surface area is 136 Å². The van der Waals surface area contributed by atoms with Crippen molar-refractivity contribution in [2.75, 3.05) is 6.54 Å². The van der Waals surface area contributed by atoms with Gasteiger partial charge >= 0.3 is 0 Å². The molecule has 0 aliphatic carbocycles. The maximum atomic E-state index is 13.5. The lowest BCUT2D eigenvalue weighted by molar-refractivity contribution is 0.543. The van der Waals surface area contributed by atoms with Crippen molar-refractivity contribution in [2.24, 2.45) is 0 Å². The molecular formula is C14H11Cl2F2NO2S. The molecule has 0 atom stereocenters. The highest BCUT2D eigenvalue weighted by molar-refractivity contribution is 7.89. The van der Waals surface area contributed by atoms with Crippen LogP contribution in [0.5, 0.6) is 0 Å². The number of sulfonamides is 1. The molecule has 0 saturated heterocycles. The first kappa shape index (κ1) is 17.1. The minimum absolute atomic E-state index is 0.0388. The highest BCUT2D eigenvalue weighted by Crippen LogP contribution is 2.22. The van der Waals surface area contributed by atoms with E-state index in [4.69, 9.17) is 23.2 Å². The Bertz CT molecular complexity index is 797. The van der Waals surface area contributed by atoms with E-state index in [0.29, 0.717) is 22.5 Å². The molecule has 0 fully saturated rings. The third-order valence-electron chi connectivity index (χ3n) is 2.87. The molecule has 0 aromatic heterocycles. The minimum atomic E-state index is -4.05. The number of halogens is 4. The van der Waals surface area contributed by atoms with E-state index in [-0.39, 0.29) is 6.54 Å². The first-order valence-corrected chi connectivity index (χ1v) is 8.42. The Morgan fingerprint density at radius 2 is 1.73 bits per heavy atom. The quantitative estimate of drug-likeness (QED) is 0.875. The van der Waals surface area contributed by atoms with Crippen molar-refractivity contribution in [1.29, 1.82) is 0 Å². The zero-order chi connectivity index (χ0) is 16.3. The average Bonchev–Trinajstić information content (AvgIpc) is 2.42. The van der Waals surface area contributed by atoms with Crippen molar-refractivity contribution in [3.05, 3.63) is 63.6 Å². The van der Waals surface area contributed by atoms with E-state index < -0.39 is 26.6 Å². The molecule has 1 N–H and O–H groups in total. The molecule has 0 aliphatic rings. The predicted molar refractivity (Wildman–Crippen MR) is 81.7 cm³/mol. The van der Waals surface area contributed by atoms with Gasteiger partial charge in [-0.05, 0) is 36.2 Å². The van der Waals surface area contributed by atoms with Crippen molar-refractivity contribution in [2.45, 2.75) is 11.3 Å². The molecule has 0 radical (unpaired) electrons. The molecule has 0 aliphatic heterocycles. The van der Waals surface area contributed by atoms with Crippen LogP contribution in [0.3, 0.4) is 0 Å². The van der Waals surface area contributed by atoms with E-state index in [0.717, 1.165) is 17.7 Å². The largest absolute Gasteiger partial charge is 0.243 e. The third-order valence-corrected chi connectivity index (χ3v) is 5.11. The summed E-state index contributed by atoms with van der Waals surface area (Å²) in [5.41, 5.74) is 0.775. The molecule has 3 nitrogen and oxygen atoms in total. The Morgan fingerprint density at radius 3 is 2.36 bits per heavy atom. The maximum absolute atomic E-state index is 13.5. The van der Waals surface area contributed by atoms with Crippen LogP contribution in [0.25, 0.3) is 0 Å².